The average molecular weight is 631 g/mol. The van der Waals surface area contributed by atoms with Gasteiger partial charge in [0.25, 0.3) is 11.8 Å². The van der Waals surface area contributed by atoms with Gasteiger partial charge < -0.3 is 4.74 Å². The molecule has 3 aromatic rings. The van der Waals surface area contributed by atoms with E-state index >= 15 is 0 Å². The lowest BCUT2D eigenvalue weighted by Crippen LogP contribution is -2.54. The molecule has 11 heteroatoms. The predicted molar refractivity (Wildman–Crippen MR) is 148 cm³/mol. The van der Waals surface area contributed by atoms with Crippen LogP contribution in [0.4, 0.5) is 5.69 Å². The van der Waals surface area contributed by atoms with E-state index in [0.717, 1.165) is 14.9 Å². The van der Waals surface area contributed by atoms with E-state index in [4.69, 9.17) is 63.4 Å². The maximum absolute atomic E-state index is 13.2. The Balaban J connectivity index is 1.63. The lowest BCUT2D eigenvalue weighted by atomic mass is 10.1. The van der Waals surface area contributed by atoms with E-state index < -0.39 is 11.8 Å². The van der Waals surface area contributed by atoms with Crippen LogP contribution in [0.3, 0.4) is 0 Å². The van der Waals surface area contributed by atoms with Crippen LogP contribution in [0.5, 0.6) is 5.75 Å². The van der Waals surface area contributed by atoms with Gasteiger partial charge in [-0.25, -0.2) is 0 Å². The van der Waals surface area contributed by atoms with Crippen molar-refractivity contribution in [2.24, 2.45) is 0 Å². The Morgan fingerprint density at radius 3 is 2.29 bits per heavy atom. The smallest absolute Gasteiger partial charge is 0.270 e. The summed E-state index contributed by atoms with van der Waals surface area (Å²) in [4.78, 5) is 27.0. The summed E-state index contributed by atoms with van der Waals surface area (Å²) < 4.78 is 6.75. The second-order valence-electron chi connectivity index (χ2n) is 7.26. The highest BCUT2D eigenvalue weighted by atomic mass is 79.9. The van der Waals surface area contributed by atoms with Crippen molar-refractivity contribution in [1.29, 1.82) is 0 Å². The third-order valence-corrected chi connectivity index (χ3v) is 7.09. The monoisotopic (exact) mass is 628 g/mol. The molecule has 1 fully saturated rings. The average Bonchev–Trinajstić information content (AvgIpc) is 2.80. The molecule has 4 rings (SSSR count). The first-order valence-corrected chi connectivity index (χ1v) is 12.6. The molecule has 1 heterocycles. The quantitative estimate of drug-likeness (QED) is 0.181. The molecule has 0 bridgehead atoms. The molecule has 1 aliphatic rings. The van der Waals surface area contributed by atoms with Gasteiger partial charge in [0.05, 0.1) is 25.8 Å². The summed E-state index contributed by atoms with van der Waals surface area (Å²) in [7, 11) is 0. The maximum atomic E-state index is 13.2. The number of carbonyl (C=O) groups is 2. The van der Waals surface area contributed by atoms with Crippen LogP contribution in [0.15, 0.2) is 64.6 Å². The van der Waals surface area contributed by atoms with Gasteiger partial charge in [0, 0.05) is 4.47 Å². The first-order chi connectivity index (χ1) is 16.7. The lowest BCUT2D eigenvalue weighted by molar-refractivity contribution is -0.122. The molecule has 0 aromatic heterocycles. The van der Waals surface area contributed by atoms with E-state index in [9.17, 15) is 9.59 Å². The Kier molecular flexibility index (Phi) is 8.06. The van der Waals surface area contributed by atoms with Gasteiger partial charge in [-0.3, -0.25) is 19.8 Å². The Morgan fingerprint density at radius 2 is 1.63 bits per heavy atom. The van der Waals surface area contributed by atoms with Crippen LogP contribution in [0.25, 0.3) is 6.08 Å². The zero-order valence-electron chi connectivity index (χ0n) is 17.5. The SMILES string of the molecule is O=C1NC(=S)N(c2cccc(Cl)c2Cl)C(=O)/C1=C/c1cc(Cl)c(OCc2ccc(Br)cc2)c(Cl)c1. The molecule has 0 atom stereocenters. The number of benzene rings is 3. The molecule has 0 unspecified atom stereocenters. The molecule has 2 amide bonds. The second-order valence-corrected chi connectivity index (χ2v) is 10.2. The van der Waals surface area contributed by atoms with Crippen LogP contribution >= 0.6 is 74.6 Å². The molecule has 1 saturated heterocycles. The molecule has 35 heavy (non-hydrogen) atoms. The maximum Gasteiger partial charge on any atom is 0.270 e. The van der Waals surface area contributed by atoms with E-state index in [1.807, 2.05) is 24.3 Å². The van der Waals surface area contributed by atoms with Crippen LogP contribution in [0.1, 0.15) is 11.1 Å². The largest absolute Gasteiger partial charge is 0.486 e. The van der Waals surface area contributed by atoms with Crippen molar-refractivity contribution in [3.05, 3.63) is 95.9 Å². The molecule has 0 radical (unpaired) electrons. The summed E-state index contributed by atoms with van der Waals surface area (Å²) in [6, 6.07) is 15.4. The zero-order valence-corrected chi connectivity index (χ0v) is 22.9. The fraction of sp³-hybridized carbons (Fsp3) is 0.0417. The molecule has 0 aliphatic carbocycles. The summed E-state index contributed by atoms with van der Waals surface area (Å²) in [6.45, 7) is 0.251. The number of nitrogens with one attached hydrogen (secondary N) is 1. The summed E-state index contributed by atoms with van der Waals surface area (Å²) in [5.74, 6) is -1.06. The van der Waals surface area contributed by atoms with Gasteiger partial charge in [-0.05, 0) is 65.8 Å². The third-order valence-electron chi connectivity index (χ3n) is 4.90. The Morgan fingerprint density at radius 1 is 0.971 bits per heavy atom. The number of halogens is 5. The molecule has 0 saturated carbocycles. The number of amides is 2. The minimum atomic E-state index is -0.675. The van der Waals surface area contributed by atoms with Crippen molar-refractivity contribution in [2.45, 2.75) is 6.61 Å². The highest BCUT2D eigenvalue weighted by Crippen LogP contribution is 2.37. The number of anilines is 1. The van der Waals surface area contributed by atoms with Gasteiger partial charge in [0.1, 0.15) is 12.2 Å². The van der Waals surface area contributed by atoms with Crippen molar-refractivity contribution < 1.29 is 14.3 Å². The summed E-state index contributed by atoms with van der Waals surface area (Å²) in [5, 5.41) is 3.17. The van der Waals surface area contributed by atoms with E-state index in [1.165, 1.54) is 6.08 Å². The van der Waals surface area contributed by atoms with Gasteiger partial charge in [0.15, 0.2) is 10.9 Å². The fourth-order valence-corrected chi connectivity index (χ4v) is 4.78. The fourth-order valence-electron chi connectivity index (χ4n) is 3.24. The number of nitrogens with zero attached hydrogens (tertiary/aromatic N) is 1. The standard InChI is InChI=1S/C24H13BrCl4N2O3S/c25-14-6-4-12(5-7-14)11-34-21-17(27)9-13(10-18(21)28)8-15-22(32)30-24(35)31(23(15)33)19-3-1-2-16(26)20(19)29/h1-10H,11H2,(H,30,32,35)/b15-8+. The molecule has 1 N–H and O–H groups in total. The highest BCUT2D eigenvalue weighted by molar-refractivity contribution is 9.10. The van der Waals surface area contributed by atoms with E-state index in [1.54, 1.807) is 30.3 Å². The number of thiocarbonyl (C=S) groups is 1. The molecule has 3 aromatic carbocycles. The van der Waals surface area contributed by atoms with E-state index in [0.29, 0.717) is 5.56 Å². The summed E-state index contributed by atoms with van der Waals surface area (Å²) in [6.07, 6.45) is 1.36. The van der Waals surface area contributed by atoms with Crippen LogP contribution in [-0.2, 0) is 16.2 Å². The topological polar surface area (TPSA) is 58.6 Å². The first-order valence-electron chi connectivity index (χ1n) is 9.87. The lowest BCUT2D eigenvalue weighted by Gasteiger charge is -2.29. The van der Waals surface area contributed by atoms with Crippen molar-refractivity contribution in [2.75, 3.05) is 4.90 Å². The van der Waals surface area contributed by atoms with Crippen molar-refractivity contribution in [3.63, 3.8) is 0 Å². The Hall–Kier alpha value is -2.13. The summed E-state index contributed by atoms with van der Waals surface area (Å²) in [5.41, 5.74) is 1.39. The first kappa shape index (κ1) is 25.9. The Bertz CT molecular complexity index is 1370. The van der Waals surface area contributed by atoms with Crippen molar-refractivity contribution in [3.8, 4) is 5.75 Å². The summed E-state index contributed by atoms with van der Waals surface area (Å²) >= 11 is 33.8. The Labute approximate surface area is 234 Å². The zero-order chi connectivity index (χ0) is 25.3. The van der Waals surface area contributed by atoms with Crippen LogP contribution in [-0.4, -0.2) is 16.9 Å². The predicted octanol–water partition coefficient (Wildman–Crippen LogP) is 7.47. The molecular weight excluding hydrogens is 618 g/mol. The van der Waals surface area contributed by atoms with E-state index in [-0.39, 0.29) is 48.8 Å². The van der Waals surface area contributed by atoms with Crippen molar-refractivity contribution in [1.82, 2.24) is 5.32 Å². The minimum Gasteiger partial charge on any atom is -0.486 e. The highest BCUT2D eigenvalue weighted by Gasteiger charge is 2.35. The van der Waals surface area contributed by atoms with E-state index in [2.05, 4.69) is 21.2 Å². The minimum absolute atomic E-state index is 0.117. The normalized spacial score (nSPS) is 14.9. The number of ether oxygens (including phenoxy) is 1. The third kappa shape index (κ3) is 5.66. The van der Waals surface area contributed by atoms with Gasteiger partial charge in [0.2, 0.25) is 0 Å². The molecular formula is C24H13BrCl4N2O3S. The molecule has 0 spiro atoms. The van der Waals surface area contributed by atoms with Gasteiger partial charge in [-0.2, -0.15) is 0 Å². The van der Waals surface area contributed by atoms with Crippen molar-refractivity contribution >= 4 is 103 Å². The van der Waals surface area contributed by atoms with Gasteiger partial charge >= 0.3 is 0 Å². The number of hydrogen-bond donors (Lipinski definition) is 1. The number of carbonyl (C=O) groups excluding carboxylic acids is 2. The van der Waals surface area contributed by atoms with Crippen LogP contribution in [0, 0.1) is 0 Å². The number of rotatable bonds is 5. The van der Waals surface area contributed by atoms with Gasteiger partial charge in [-0.15, -0.1) is 0 Å². The number of hydrogen-bond acceptors (Lipinski definition) is 4. The molecule has 178 valence electrons. The molecule has 5 nitrogen and oxygen atoms in total. The van der Waals surface area contributed by atoms with Crippen LogP contribution in [0.2, 0.25) is 20.1 Å². The molecule has 1 aliphatic heterocycles. The second kappa shape index (κ2) is 10.9. The van der Waals surface area contributed by atoms with Gasteiger partial charge in [-0.1, -0.05) is 80.5 Å². The van der Waals surface area contributed by atoms with Crippen LogP contribution < -0.4 is 15.0 Å².